The van der Waals surface area contributed by atoms with Crippen molar-refractivity contribution in [2.24, 2.45) is 0 Å². The number of halogens is 1. The summed E-state index contributed by atoms with van der Waals surface area (Å²) in [5.41, 5.74) is -0.362. The number of carboxylic acids is 1. The standard InChI is InChI=1S/C11H12FNO5/c12-6-1-2-9(15)7(5-6)10(16)13-8(3-4-14)11(17)18/h1-2,5,8,14-15H,3-4H2,(H,13,16)(H,17,18). The van der Waals surface area contributed by atoms with E-state index in [1.54, 1.807) is 0 Å². The van der Waals surface area contributed by atoms with Crippen LogP contribution in [-0.4, -0.2) is 39.8 Å². The van der Waals surface area contributed by atoms with Crippen LogP contribution in [0.3, 0.4) is 0 Å². The topological polar surface area (TPSA) is 107 Å². The number of phenols is 1. The monoisotopic (exact) mass is 257 g/mol. The first kappa shape index (κ1) is 13.9. The zero-order valence-corrected chi connectivity index (χ0v) is 9.26. The molecule has 1 amide bonds. The van der Waals surface area contributed by atoms with Crippen molar-refractivity contribution in [2.75, 3.05) is 6.61 Å². The molecule has 0 aliphatic carbocycles. The molecule has 1 rings (SSSR count). The molecular formula is C11H12FNO5. The number of carboxylic acid groups (broad SMARTS) is 1. The van der Waals surface area contributed by atoms with E-state index in [1.165, 1.54) is 0 Å². The van der Waals surface area contributed by atoms with Gasteiger partial charge in [0.15, 0.2) is 0 Å². The van der Waals surface area contributed by atoms with E-state index in [2.05, 4.69) is 5.32 Å². The van der Waals surface area contributed by atoms with E-state index >= 15 is 0 Å². The number of aromatic hydroxyl groups is 1. The van der Waals surface area contributed by atoms with E-state index in [-0.39, 0.29) is 12.0 Å². The number of benzene rings is 1. The molecule has 4 N–H and O–H groups in total. The average molecular weight is 257 g/mol. The highest BCUT2D eigenvalue weighted by atomic mass is 19.1. The lowest BCUT2D eigenvalue weighted by Crippen LogP contribution is -2.41. The molecule has 0 spiro atoms. The first-order chi connectivity index (χ1) is 8.45. The van der Waals surface area contributed by atoms with Gasteiger partial charge in [0, 0.05) is 13.0 Å². The van der Waals surface area contributed by atoms with Crippen LogP contribution in [0.15, 0.2) is 18.2 Å². The summed E-state index contributed by atoms with van der Waals surface area (Å²) in [6.07, 6.45) is -0.183. The maximum Gasteiger partial charge on any atom is 0.326 e. The number of aliphatic hydroxyl groups excluding tert-OH is 1. The maximum absolute atomic E-state index is 12.9. The van der Waals surface area contributed by atoms with E-state index in [0.29, 0.717) is 0 Å². The van der Waals surface area contributed by atoms with Gasteiger partial charge in [0.1, 0.15) is 17.6 Å². The molecule has 18 heavy (non-hydrogen) atoms. The molecule has 1 unspecified atom stereocenters. The highest BCUT2D eigenvalue weighted by Gasteiger charge is 2.21. The summed E-state index contributed by atoms with van der Waals surface area (Å²) in [4.78, 5) is 22.4. The van der Waals surface area contributed by atoms with Crippen molar-refractivity contribution in [3.63, 3.8) is 0 Å². The maximum atomic E-state index is 12.9. The molecule has 6 nitrogen and oxygen atoms in total. The van der Waals surface area contributed by atoms with E-state index in [0.717, 1.165) is 18.2 Å². The van der Waals surface area contributed by atoms with Gasteiger partial charge in [-0.05, 0) is 18.2 Å². The normalized spacial score (nSPS) is 11.9. The quantitative estimate of drug-likeness (QED) is 0.598. The molecule has 98 valence electrons. The van der Waals surface area contributed by atoms with E-state index in [9.17, 15) is 19.1 Å². The molecule has 0 saturated carbocycles. The molecule has 7 heteroatoms. The summed E-state index contributed by atoms with van der Waals surface area (Å²) in [5.74, 6) is -3.44. The number of aliphatic hydroxyl groups is 1. The summed E-state index contributed by atoms with van der Waals surface area (Å²) in [7, 11) is 0. The lowest BCUT2D eigenvalue weighted by Gasteiger charge is -2.13. The third-order valence-electron chi connectivity index (χ3n) is 2.22. The Bertz CT molecular complexity index is 463. The molecule has 0 radical (unpaired) electrons. The van der Waals surface area contributed by atoms with E-state index in [4.69, 9.17) is 10.2 Å². The van der Waals surface area contributed by atoms with Gasteiger partial charge in [-0.2, -0.15) is 0 Å². The second kappa shape index (κ2) is 5.97. The Labute approximate surface area is 102 Å². The molecule has 0 heterocycles. The van der Waals surface area contributed by atoms with Crippen LogP contribution in [0.5, 0.6) is 5.75 Å². The highest BCUT2D eigenvalue weighted by Crippen LogP contribution is 2.17. The second-order valence-electron chi connectivity index (χ2n) is 3.54. The summed E-state index contributed by atoms with van der Waals surface area (Å²) in [6, 6.07) is 1.45. The lowest BCUT2D eigenvalue weighted by atomic mass is 10.1. The van der Waals surface area contributed by atoms with Gasteiger partial charge in [0.25, 0.3) is 5.91 Å². The summed E-state index contributed by atoms with van der Waals surface area (Å²) in [5, 5.41) is 28.8. The molecule has 0 aromatic heterocycles. The lowest BCUT2D eigenvalue weighted by molar-refractivity contribution is -0.139. The van der Waals surface area contributed by atoms with Crippen molar-refractivity contribution in [3.05, 3.63) is 29.6 Å². The Hall–Kier alpha value is -2.15. The van der Waals surface area contributed by atoms with Gasteiger partial charge in [0.2, 0.25) is 0 Å². The molecule has 1 atom stereocenters. The number of phenolic OH excluding ortho intramolecular Hbond substituents is 1. The predicted molar refractivity (Wildman–Crippen MR) is 58.7 cm³/mol. The van der Waals surface area contributed by atoms with Crippen LogP contribution in [-0.2, 0) is 4.79 Å². The van der Waals surface area contributed by atoms with Crippen molar-refractivity contribution >= 4 is 11.9 Å². The zero-order valence-electron chi connectivity index (χ0n) is 9.26. The van der Waals surface area contributed by atoms with Gasteiger partial charge in [-0.3, -0.25) is 4.79 Å². The van der Waals surface area contributed by atoms with Crippen LogP contribution in [0.2, 0.25) is 0 Å². The molecule has 0 bridgehead atoms. The van der Waals surface area contributed by atoms with Gasteiger partial charge in [-0.25, -0.2) is 9.18 Å². The molecular weight excluding hydrogens is 245 g/mol. The fourth-order valence-electron chi connectivity index (χ4n) is 1.31. The Balaban J connectivity index is 2.86. The molecule has 0 fully saturated rings. The number of amides is 1. The minimum absolute atomic E-state index is 0.183. The van der Waals surface area contributed by atoms with Crippen molar-refractivity contribution in [3.8, 4) is 5.75 Å². The Morgan fingerprint density at radius 3 is 2.61 bits per heavy atom. The third kappa shape index (κ3) is 3.42. The number of rotatable bonds is 5. The third-order valence-corrected chi connectivity index (χ3v) is 2.22. The average Bonchev–Trinajstić information content (AvgIpc) is 2.31. The van der Waals surface area contributed by atoms with Crippen LogP contribution in [0.4, 0.5) is 4.39 Å². The SMILES string of the molecule is O=C(NC(CCO)C(=O)O)c1cc(F)ccc1O. The van der Waals surface area contributed by atoms with Crippen LogP contribution in [0, 0.1) is 5.82 Å². The number of aliphatic carboxylic acids is 1. The van der Waals surface area contributed by atoms with Gasteiger partial charge in [-0.1, -0.05) is 0 Å². The van der Waals surface area contributed by atoms with Crippen molar-refractivity contribution in [2.45, 2.75) is 12.5 Å². The minimum atomic E-state index is -1.33. The van der Waals surface area contributed by atoms with Gasteiger partial charge in [0.05, 0.1) is 5.56 Å². The van der Waals surface area contributed by atoms with Gasteiger partial charge in [-0.15, -0.1) is 0 Å². The van der Waals surface area contributed by atoms with Crippen molar-refractivity contribution in [1.29, 1.82) is 0 Å². The largest absolute Gasteiger partial charge is 0.507 e. The molecule has 0 aliphatic rings. The fraction of sp³-hybridized carbons (Fsp3) is 0.273. The second-order valence-corrected chi connectivity index (χ2v) is 3.54. The van der Waals surface area contributed by atoms with Crippen molar-refractivity contribution in [1.82, 2.24) is 5.32 Å². The summed E-state index contributed by atoms with van der Waals surface area (Å²) < 4.78 is 12.9. The Morgan fingerprint density at radius 1 is 1.39 bits per heavy atom. The number of hydrogen-bond acceptors (Lipinski definition) is 4. The zero-order chi connectivity index (χ0) is 13.7. The van der Waals surface area contributed by atoms with Crippen LogP contribution in [0.25, 0.3) is 0 Å². The van der Waals surface area contributed by atoms with E-state index < -0.39 is 36.1 Å². The summed E-state index contributed by atoms with van der Waals surface area (Å²) in [6.45, 7) is -0.424. The van der Waals surface area contributed by atoms with Crippen LogP contribution in [0.1, 0.15) is 16.8 Å². The van der Waals surface area contributed by atoms with Gasteiger partial charge >= 0.3 is 5.97 Å². The molecule has 1 aromatic carbocycles. The summed E-state index contributed by atoms with van der Waals surface area (Å²) >= 11 is 0. The van der Waals surface area contributed by atoms with Crippen molar-refractivity contribution < 1.29 is 29.3 Å². The number of hydrogen-bond donors (Lipinski definition) is 4. The smallest absolute Gasteiger partial charge is 0.326 e. The van der Waals surface area contributed by atoms with Crippen LogP contribution >= 0.6 is 0 Å². The Morgan fingerprint density at radius 2 is 2.06 bits per heavy atom. The molecule has 0 saturated heterocycles. The highest BCUT2D eigenvalue weighted by molar-refractivity contribution is 5.98. The first-order valence-electron chi connectivity index (χ1n) is 5.08. The predicted octanol–water partition coefficient (Wildman–Crippen LogP) is 0.0967. The number of carbonyl (C=O) groups excluding carboxylic acids is 1. The van der Waals surface area contributed by atoms with Crippen LogP contribution < -0.4 is 5.32 Å². The fourth-order valence-corrected chi connectivity index (χ4v) is 1.31. The molecule has 0 aliphatic heterocycles. The Kier molecular flexibility index (Phi) is 4.61. The molecule has 1 aromatic rings. The van der Waals surface area contributed by atoms with E-state index in [1.807, 2.05) is 0 Å². The first-order valence-corrected chi connectivity index (χ1v) is 5.08. The van der Waals surface area contributed by atoms with Gasteiger partial charge < -0.3 is 20.6 Å². The minimum Gasteiger partial charge on any atom is -0.507 e. The number of carbonyl (C=O) groups is 2. The number of nitrogens with one attached hydrogen (secondary N) is 1.